The SMILES string of the molecule is CC(C)(Oc1ccc(F)cc1)C(=O)Nc1cccc(CSCC(=O)O)c1. The fourth-order valence-corrected chi connectivity index (χ4v) is 2.81. The van der Waals surface area contributed by atoms with Crippen LogP contribution >= 0.6 is 11.8 Å². The molecule has 0 bridgehead atoms. The number of aliphatic carboxylic acids is 1. The van der Waals surface area contributed by atoms with Crippen LogP contribution in [0.15, 0.2) is 48.5 Å². The highest BCUT2D eigenvalue weighted by molar-refractivity contribution is 7.99. The number of carboxylic acids is 1. The fraction of sp³-hybridized carbons (Fsp3) is 0.263. The molecule has 0 aromatic heterocycles. The molecule has 0 unspecified atom stereocenters. The van der Waals surface area contributed by atoms with Crippen LogP contribution in [0.25, 0.3) is 0 Å². The zero-order chi connectivity index (χ0) is 19.2. The van der Waals surface area contributed by atoms with Crippen molar-refractivity contribution in [2.24, 2.45) is 0 Å². The van der Waals surface area contributed by atoms with Crippen LogP contribution in [0.4, 0.5) is 10.1 Å². The van der Waals surface area contributed by atoms with Gasteiger partial charge >= 0.3 is 5.97 Å². The highest BCUT2D eigenvalue weighted by Gasteiger charge is 2.30. The summed E-state index contributed by atoms with van der Waals surface area (Å²) in [6.45, 7) is 3.25. The number of halogens is 1. The monoisotopic (exact) mass is 377 g/mol. The van der Waals surface area contributed by atoms with Gasteiger partial charge in [-0.3, -0.25) is 9.59 Å². The van der Waals surface area contributed by atoms with E-state index in [1.54, 1.807) is 32.0 Å². The second-order valence-corrected chi connectivity index (χ2v) is 7.09. The van der Waals surface area contributed by atoms with Gasteiger partial charge in [-0.1, -0.05) is 12.1 Å². The number of nitrogens with one attached hydrogen (secondary N) is 1. The number of ether oxygens (including phenoxy) is 1. The van der Waals surface area contributed by atoms with E-state index in [9.17, 15) is 14.0 Å². The largest absolute Gasteiger partial charge is 0.481 e. The van der Waals surface area contributed by atoms with E-state index in [0.29, 0.717) is 17.2 Å². The lowest BCUT2D eigenvalue weighted by Gasteiger charge is -2.25. The number of hydrogen-bond donors (Lipinski definition) is 2. The zero-order valence-electron chi connectivity index (χ0n) is 14.5. The third-order valence-corrected chi connectivity index (χ3v) is 4.40. The van der Waals surface area contributed by atoms with Gasteiger partial charge in [-0.2, -0.15) is 0 Å². The Bertz CT molecular complexity index is 777. The standard InChI is InChI=1S/C19H20FNO4S/c1-19(2,25-16-8-6-14(20)7-9-16)18(24)21-15-5-3-4-13(10-15)11-26-12-17(22)23/h3-10H,11-12H2,1-2H3,(H,21,24)(H,22,23). The van der Waals surface area contributed by atoms with Crippen LogP contribution in [-0.4, -0.2) is 28.3 Å². The second-order valence-electron chi connectivity index (χ2n) is 6.11. The minimum absolute atomic E-state index is 0.0229. The molecule has 5 nitrogen and oxygen atoms in total. The molecule has 2 aromatic rings. The number of amides is 1. The Kier molecular flexibility index (Phi) is 6.63. The molecule has 7 heteroatoms. The molecule has 0 heterocycles. The summed E-state index contributed by atoms with van der Waals surface area (Å²) in [6, 6.07) is 12.7. The second kappa shape index (κ2) is 8.71. The third-order valence-electron chi connectivity index (χ3n) is 3.41. The van der Waals surface area contributed by atoms with Crippen LogP contribution < -0.4 is 10.1 Å². The lowest BCUT2D eigenvalue weighted by atomic mass is 10.1. The molecule has 0 spiro atoms. The lowest BCUT2D eigenvalue weighted by molar-refractivity contribution is -0.134. The van der Waals surface area contributed by atoms with E-state index < -0.39 is 11.6 Å². The minimum atomic E-state index is -1.16. The molecule has 138 valence electrons. The van der Waals surface area contributed by atoms with Crippen LogP contribution in [0.2, 0.25) is 0 Å². The Labute approximate surface area is 155 Å². The van der Waals surface area contributed by atoms with Crippen molar-refractivity contribution in [1.82, 2.24) is 0 Å². The first-order valence-corrected chi connectivity index (χ1v) is 9.06. The number of hydrogen-bond acceptors (Lipinski definition) is 4. The smallest absolute Gasteiger partial charge is 0.313 e. The van der Waals surface area contributed by atoms with E-state index in [1.165, 1.54) is 36.0 Å². The van der Waals surface area contributed by atoms with Crippen molar-refractivity contribution >= 4 is 29.3 Å². The van der Waals surface area contributed by atoms with Crippen LogP contribution in [-0.2, 0) is 15.3 Å². The first-order valence-electron chi connectivity index (χ1n) is 7.91. The predicted molar refractivity (Wildman–Crippen MR) is 100.0 cm³/mol. The summed E-state index contributed by atoms with van der Waals surface area (Å²) in [6.07, 6.45) is 0. The maximum Gasteiger partial charge on any atom is 0.313 e. The summed E-state index contributed by atoms with van der Waals surface area (Å²) < 4.78 is 18.6. The van der Waals surface area contributed by atoms with E-state index in [-0.39, 0.29) is 17.5 Å². The topological polar surface area (TPSA) is 75.6 Å². The van der Waals surface area contributed by atoms with Gasteiger partial charge in [0, 0.05) is 11.4 Å². The highest BCUT2D eigenvalue weighted by atomic mass is 32.2. The van der Waals surface area contributed by atoms with Crippen molar-refractivity contribution in [3.05, 3.63) is 59.9 Å². The van der Waals surface area contributed by atoms with Crippen molar-refractivity contribution < 1.29 is 23.8 Å². The average molecular weight is 377 g/mol. The number of thioether (sulfide) groups is 1. The maximum absolute atomic E-state index is 13.0. The van der Waals surface area contributed by atoms with Crippen LogP contribution in [0.3, 0.4) is 0 Å². The molecule has 2 rings (SSSR count). The predicted octanol–water partition coefficient (Wildman–Crippen LogP) is 3.94. The summed E-state index contributed by atoms with van der Waals surface area (Å²) >= 11 is 1.28. The summed E-state index contributed by atoms with van der Waals surface area (Å²) in [7, 11) is 0. The van der Waals surface area contributed by atoms with Gasteiger partial charge in [0.1, 0.15) is 11.6 Å². The minimum Gasteiger partial charge on any atom is -0.481 e. The highest BCUT2D eigenvalue weighted by Crippen LogP contribution is 2.22. The van der Waals surface area contributed by atoms with Gasteiger partial charge in [0.25, 0.3) is 5.91 Å². The Morgan fingerprint density at radius 1 is 1.19 bits per heavy atom. The molecule has 0 aliphatic carbocycles. The normalized spacial score (nSPS) is 11.0. The number of rotatable bonds is 8. The van der Waals surface area contributed by atoms with E-state index in [0.717, 1.165) is 5.56 Å². The Morgan fingerprint density at radius 3 is 2.54 bits per heavy atom. The quantitative estimate of drug-likeness (QED) is 0.729. The van der Waals surface area contributed by atoms with Crippen LogP contribution in [0, 0.1) is 5.82 Å². The van der Waals surface area contributed by atoms with Crippen molar-refractivity contribution in [2.45, 2.75) is 25.2 Å². The zero-order valence-corrected chi connectivity index (χ0v) is 15.3. The molecule has 0 aliphatic rings. The molecule has 2 aromatic carbocycles. The molecular formula is C19H20FNO4S. The van der Waals surface area contributed by atoms with E-state index in [2.05, 4.69) is 5.32 Å². The molecule has 0 aliphatic heterocycles. The number of carbonyl (C=O) groups excluding carboxylic acids is 1. The first-order chi connectivity index (χ1) is 12.3. The molecule has 0 fully saturated rings. The van der Waals surface area contributed by atoms with Gasteiger partial charge < -0.3 is 15.2 Å². The summed E-state index contributed by atoms with van der Waals surface area (Å²) in [5.74, 6) is -0.639. The molecule has 2 N–H and O–H groups in total. The fourth-order valence-electron chi connectivity index (χ4n) is 2.12. The Hall–Kier alpha value is -2.54. The van der Waals surface area contributed by atoms with Crippen LogP contribution in [0.5, 0.6) is 5.75 Å². The molecule has 1 amide bonds. The van der Waals surface area contributed by atoms with Crippen molar-refractivity contribution in [1.29, 1.82) is 0 Å². The number of carbonyl (C=O) groups is 2. The molecule has 26 heavy (non-hydrogen) atoms. The average Bonchev–Trinajstić information content (AvgIpc) is 2.57. The van der Waals surface area contributed by atoms with Crippen LogP contribution in [0.1, 0.15) is 19.4 Å². The Balaban J connectivity index is 1.99. The van der Waals surface area contributed by atoms with Gasteiger partial charge in [0.05, 0.1) is 5.75 Å². The van der Waals surface area contributed by atoms with Gasteiger partial charge in [0.15, 0.2) is 5.60 Å². The lowest BCUT2D eigenvalue weighted by Crippen LogP contribution is -2.42. The third kappa shape index (κ3) is 6.07. The summed E-state index contributed by atoms with van der Waals surface area (Å²) in [4.78, 5) is 23.1. The van der Waals surface area contributed by atoms with Crippen molar-refractivity contribution in [3.63, 3.8) is 0 Å². The van der Waals surface area contributed by atoms with Gasteiger partial charge in [0.2, 0.25) is 0 Å². The molecule has 0 radical (unpaired) electrons. The van der Waals surface area contributed by atoms with Crippen molar-refractivity contribution in [2.75, 3.05) is 11.1 Å². The number of anilines is 1. The van der Waals surface area contributed by atoms with Gasteiger partial charge in [-0.05, 0) is 55.8 Å². The first kappa shape index (κ1) is 19.8. The van der Waals surface area contributed by atoms with Gasteiger partial charge in [-0.25, -0.2) is 4.39 Å². The van der Waals surface area contributed by atoms with Crippen molar-refractivity contribution in [3.8, 4) is 5.75 Å². The van der Waals surface area contributed by atoms with Gasteiger partial charge in [-0.15, -0.1) is 11.8 Å². The summed E-state index contributed by atoms with van der Waals surface area (Å²) in [5.41, 5.74) is 0.344. The molecule has 0 saturated heterocycles. The molecule has 0 saturated carbocycles. The maximum atomic E-state index is 13.0. The Morgan fingerprint density at radius 2 is 1.88 bits per heavy atom. The summed E-state index contributed by atoms with van der Waals surface area (Å²) in [5, 5.41) is 11.5. The number of carboxylic acid groups (broad SMARTS) is 1. The molecular weight excluding hydrogens is 357 g/mol. The van der Waals surface area contributed by atoms with E-state index in [4.69, 9.17) is 9.84 Å². The number of benzene rings is 2. The van der Waals surface area contributed by atoms with E-state index in [1.807, 2.05) is 6.07 Å². The molecule has 0 atom stereocenters. The van der Waals surface area contributed by atoms with E-state index >= 15 is 0 Å².